The summed E-state index contributed by atoms with van der Waals surface area (Å²) in [6.45, 7) is 0. The van der Waals surface area contributed by atoms with E-state index in [9.17, 15) is 4.79 Å². The van der Waals surface area contributed by atoms with E-state index < -0.39 is 5.97 Å². The van der Waals surface area contributed by atoms with Crippen molar-refractivity contribution in [3.63, 3.8) is 0 Å². The highest BCUT2D eigenvalue weighted by Crippen LogP contribution is 2.38. The molecule has 0 bridgehead atoms. The number of furan rings is 1. The lowest BCUT2D eigenvalue weighted by molar-refractivity contribution is 0.0660. The fourth-order valence-electron chi connectivity index (χ4n) is 1.60. The summed E-state index contributed by atoms with van der Waals surface area (Å²) >= 11 is 0. The average molecular weight is 222 g/mol. The Kier molecular flexibility index (Phi) is 2.44. The predicted molar refractivity (Wildman–Crippen MR) is 56.3 cm³/mol. The monoisotopic (exact) mass is 222 g/mol. The van der Waals surface area contributed by atoms with Crippen LogP contribution < -0.4 is 9.47 Å². The number of benzene rings is 1. The van der Waals surface area contributed by atoms with Gasteiger partial charge in [0.1, 0.15) is 16.7 Å². The summed E-state index contributed by atoms with van der Waals surface area (Å²) in [5, 5.41) is 9.48. The van der Waals surface area contributed by atoms with Crippen molar-refractivity contribution in [2.45, 2.75) is 0 Å². The van der Waals surface area contributed by atoms with Gasteiger partial charge < -0.3 is 19.0 Å². The van der Waals surface area contributed by atoms with Crippen molar-refractivity contribution >= 4 is 16.9 Å². The summed E-state index contributed by atoms with van der Waals surface area (Å²) in [6.07, 6.45) is 0. The molecule has 1 heterocycles. The number of carboxylic acid groups (broad SMARTS) is 1. The summed E-state index contributed by atoms with van der Waals surface area (Å²) in [4.78, 5) is 10.9. The number of aromatic carboxylic acids is 1. The molecule has 0 amide bonds. The van der Waals surface area contributed by atoms with Crippen LogP contribution in [-0.2, 0) is 0 Å². The van der Waals surface area contributed by atoms with Crippen LogP contribution >= 0.6 is 0 Å². The molecule has 0 radical (unpaired) electrons. The van der Waals surface area contributed by atoms with Crippen molar-refractivity contribution in [2.24, 2.45) is 0 Å². The molecule has 1 aromatic carbocycles. The zero-order chi connectivity index (χ0) is 11.7. The zero-order valence-corrected chi connectivity index (χ0v) is 8.81. The molecular weight excluding hydrogens is 212 g/mol. The molecule has 84 valence electrons. The Morgan fingerprint density at radius 1 is 1.31 bits per heavy atom. The molecule has 2 rings (SSSR count). The lowest BCUT2D eigenvalue weighted by atomic mass is 10.2. The van der Waals surface area contributed by atoms with Gasteiger partial charge in [-0.2, -0.15) is 0 Å². The first-order chi connectivity index (χ1) is 7.69. The molecule has 0 aliphatic carbocycles. The second-order valence-electron chi connectivity index (χ2n) is 3.10. The Morgan fingerprint density at radius 3 is 2.62 bits per heavy atom. The number of rotatable bonds is 3. The van der Waals surface area contributed by atoms with E-state index in [1.165, 1.54) is 14.2 Å². The smallest absolute Gasteiger partial charge is 0.375 e. The van der Waals surface area contributed by atoms with Crippen LogP contribution in [-0.4, -0.2) is 25.3 Å². The van der Waals surface area contributed by atoms with Gasteiger partial charge in [0, 0.05) is 0 Å². The highest BCUT2D eigenvalue weighted by molar-refractivity contribution is 6.00. The number of carbonyl (C=O) groups is 1. The van der Waals surface area contributed by atoms with Crippen molar-refractivity contribution < 1.29 is 23.8 Å². The van der Waals surface area contributed by atoms with Gasteiger partial charge in [0.25, 0.3) is 5.76 Å². The Labute approximate surface area is 91.2 Å². The van der Waals surface area contributed by atoms with E-state index in [0.29, 0.717) is 16.7 Å². The maximum Gasteiger partial charge on any atom is 0.375 e. The lowest BCUT2D eigenvalue weighted by Gasteiger charge is -2.02. The van der Waals surface area contributed by atoms with Gasteiger partial charge in [-0.15, -0.1) is 0 Å². The van der Waals surface area contributed by atoms with Crippen LogP contribution in [0.3, 0.4) is 0 Å². The van der Waals surface area contributed by atoms with Gasteiger partial charge in [0.15, 0.2) is 5.75 Å². The largest absolute Gasteiger partial charge is 0.496 e. The van der Waals surface area contributed by atoms with Gasteiger partial charge in [0.05, 0.1) is 14.2 Å². The molecule has 1 aromatic heterocycles. The van der Waals surface area contributed by atoms with Crippen molar-refractivity contribution in [2.75, 3.05) is 14.2 Å². The molecule has 5 heteroatoms. The topological polar surface area (TPSA) is 68.9 Å². The maximum absolute atomic E-state index is 10.9. The van der Waals surface area contributed by atoms with Gasteiger partial charge in [-0.05, 0) is 12.1 Å². The number of hydrogen-bond donors (Lipinski definition) is 1. The minimum Gasteiger partial charge on any atom is -0.496 e. The van der Waals surface area contributed by atoms with Crippen LogP contribution in [0.4, 0.5) is 0 Å². The first-order valence-corrected chi connectivity index (χ1v) is 4.55. The van der Waals surface area contributed by atoms with Crippen LogP contribution in [0, 0.1) is 0 Å². The number of hydrogen-bond acceptors (Lipinski definition) is 4. The molecule has 0 saturated carbocycles. The number of ether oxygens (including phenoxy) is 2. The van der Waals surface area contributed by atoms with Crippen molar-refractivity contribution in [1.82, 2.24) is 0 Å². The molecular formula is C11H10O5. The third-order valence-corrected chi connectivity index (χ3v) is 2.25. The van der Waals surface area contributed by atoms with Gasteiger partial charge in [-0.3, -0.25) is 0 Å². The molecule has 0 fully saturated rings. The van der Waals surface area contributed by atoms with E-state index in [1.54, 1.807) is 18.2 Å². The number of fused-ring (bicyclic) bond motifs is 1. The van der Waals surface area contributed by atoms with E-state index in [0.717, 1.165) is 0 Å². The minimum absolute atomic E-state index is 0.181. The van der Waals surface area contributed by atoms with Gasteiger partial charge in [-0.25, -0.2) is 4.79 Å². The normalized spacial score (nSPS) is 10.4. The van der Waals surface area contributed by atoms with Crippen LogP contribution in [0.2, 0.25) is 0 Å². The molecule has 2 aromatic rings. The number of carboxylic acids is 1. The molecule has 16 heavy (non-hydrogen) atoms. The number of methoxy groups -OCH3 is 2. The lowest BCUT2D eigenvalue weighted by Crippen LogP contribution is -1.97. The molecule has 1 N–H and O–H groups in total. The van der Waals surface area contributed by atoms with E-state index in [2.05, 4.69) is 0 Å². The van der Waals surface area contributed by atoms with Crippen LogP contribution in [0.15, 0.2) is 22.6 Å². The fourth-order valence-corrected chi connectivity index (χ4v) is 1.60. The highest BCUT2D eigenvalue weighted by Gasteiger charge is 2.23. The summed E-state index contributed by atoms with van der Waals surface area (Å²) in [5.41, 5.74) is 0.425. The van der Waals surface area contributed by atoms with Crippen LogP contribution in [0.5, 0.6) is 11.5 Å². The molecule has 0 saturated heterocycles. The van der Waals surface area contributed by atoms with Crippen molar-refractivity contribution in [3.8, 4) is 11.5 Å². The Hall–Kier alpha value is -2.17. The van der Waals surface area contributed by atoms with Gasteiger partial charge in [-0.1, -0.05) is 6.07 Å². The molecule has 0 aliphatic heterocycles. The molecule has 0 atom stereocenters. The summed E-state index contributed by atoms with van der Waals surface area (Å²) in [5.74, 6) is -0.692. The Morgan fingerprint density at radius 2 is 2.06 bits per heavy atom. The van der Waals surface area contributed by atoms with E-state index in [4.69, 9.17) is 19.0 Å². The van der Waals surface area contributed by atoms with E-state index in [1.807, 2.05) is 0 Å². The first kappa shape index (κ1) is 10.4. The minimum atomic E-state index is -1.17. The third-order valence-electron chi connectivity index (χ3n) is 2.25. The Balaban J connectivity index is 2.83. The van der Waals surface area contributed by atoms with E-state index in [-0.39, 0.29) is 11.5 Å². The second-order valence-corrected chi connectivity index (χ2v) is 3.10. The second kappa shape index (κ2) is 3.77. The Bertz CT molecular complexity index is 541. The zero-order valence-electron chi connectivity index (χ0n) is 8.81. The van der Waals surface area contributed by atoms with Crippen molar-refractivity contribution in [3.05, 3.63) is 24.0 Å². The van der Waals surface area contributed by atoms with Crippen molar-refractivity contribution in [1.29, 1.82) is 0 Å². The molecule has 5 nitrogen and oxygen atoms in total. The standard InChI is InChI=1S/C11H10O5/c1-14-6-4-3-5-7-8(6)9(15-2)10(16-7)11(12)13/h3-5H,1-2H3,(H,12,13). The highest BCUT2D eigenvalue weighted by atomic mass is 16.5. The summed E-state index contributed by atoms with van der Waals surface area (Å²) < 4.78 is 15.4. The maximum atomic E-state index is 10.9. The SMILES string of the molecule is COc1cccc2oc(C(=O)O)c(OC)c12. The van der Waals surface area contributed by atoms with E-state index >= 15 is 0 Å². The quantitative estimate of drug-likeness (QED) is 0.861. The molecule has 0 aliphatic rings. The first-order valence-electron chi connectivity index (χ1n) is 4.55. The molecule has 0 unspecified atom stereocenters. The average Bonchev–Trinajstić information content (AvgIpc) is 2.67. The summed E-state index contributed by atoms with van der Waals surface area (Å²) in [6, 6.07) is 5.09. The van der Waals surface area contributed by atoms with Gasteiger partial charge >= 0.3 is 5.97 Å². The van der Waals surface area contributed by atoms with Crippen LogP contribution in [0.25, 0.3) is 11.0 Å². The van der Waals surface area contributed by atoms with Crippen LogP contribution in [0.1, 0.15) is 10.6 Å². The third kappa shape index (κ3) is 1.37. The predicted octanol–water partition coefficient (Wildman–Crippen LogP) is 2.15. The molecule has 0 spiro atoms. The fraction of sp³-hybridized carbons (Fsp3) is 0.182. The summed E-state index contributed by atoms with van der Waals surface area (Å²) in [7, 11) is 2.89. The van der Waals surface area contributed by atoms with Gasteiger partial charge in [0.2, 0.25) is 0 Å².